The number of carbonyl (C=O) groups is 2. The number of hydrazine groups is 1. The zero-order chi connectivity index (χ0) is 19.4. The number of esters is 1. The Morgan fingerprint density at radius 1 is 1.27 bits per heavy atom. The van der Waals surface area contributed by atoms with Crippen LogP contribution in [0.4, 0.5) is 13.2 Å². The third kappa shape index (κ3) is 4.34. The van der Waals surface area contributed by atoms with E-state index in [1.54, 1.807) is 5.32 Å². The van der Waals surface area contributed by atoms with Crippen molar-refractivity contribution >= 4 is 11.9 Å². The van der Waals surface area contributed by atoms with Crippen LogP contribution >= 0.6 is 0 Å². The maximum Gasteiger partial charge on any atom is 0.437 e. The maximum atomic E-state index is 13.9. The molecule has 0 bridgehead atoms. The van der Waals surface area contributed by atoms with Gasteiger partial charge in [0.1, 0.15) is 0 Å². The molecule has 1 saturated heterocycles. The molecule has 0 aromatic carbocycles. The minimum absolute atomic E-state index is 0.227. The minimum atomic E-state index is -5.16. The molecule has 1 atom stereocenters. The van der Waals surface area contributed by atoms with Crippen LogP contribution in [0.5, 0.6) is 0 Å². The van der Waals surface area contributed by atoms with Gasteiger partial charge < -0.3 is 19.4 Å². The van der Waals surface area contributed by atoms with Crippen LogP contribution in [-0.4, -0.2) is 73.5 Å². The average molecular weight is 378 g/mol. The Bertz CT molecular complexity index is 615. The zero-order valence-corrected chi connectivity index (χ0v) is 14.4. The van der Waals surface area contributed by atoms with Gasteiger partial charge in [-0.1, -0.05) is 0 Å². The Balaban J connectivity index is 2.33. The number of nitrogens with one attached hydrogen (secondary N) is 2. The number of furan rings is 1. The highest BCUT2D eigenvalue weighted by Gasteiger charge is 2.64. The van der Waals surface area contributed by atoms with E-state index in [1.165, 1.54) is 24.1 Å². The van der Waals surface area contributed by atoms with E-state index in [2.05, 4.69) is 10.2 Å². The molecular formula is C15H21F3N4O4. The summed E-state index contributed by atoms with van der Waals surface area (Å²) in [6, 6.07) is 2.54. The smallest absolute Gasteiger partial charge is 0.437 e. The molecule has 2 rings (SSSR count). The quantitative estimate of drug-likeness (QED) is 0.553. The number of rotatable bonds is 6. The zero-order valence-electron chi connectivity index (χ0n) is 14.4. The van der Waals surface area contributed by atoms with Crippen molar-refractivity contribution in [1.29, 1.82) is 0 Å². The molecule has 11 heteroatoms. The molecular weight excluding hydrogens is 357 g/mol. The Morgan fingerprint density at radius 2 is 1.92 bits per heavy atom. The fourth-order valence-electron chi connectivity index (χ4n) is 2.41. The van der Waals surface area contributed by atoms with Crippen LogP contribution in [0.15, 0.2) is 22.8 Å². The van der Waals surface area contributed by atoms with E-state index in [9.17, 15) is 22.8 Å². The van der Waals surface area contributed by atoms with Crippen molar-refractivity contribution in [3.8, 4) is 0 Å². The molecule has 146 valence electrons. The molecule has 2 N–H and O–H groups in total. The fourth-order valence-corrected chi connectivity index (χ4v) is 2.41. The molecule has 0 aliphatic carbocycles. The van der Waals surface area contributed by atoms with E-state index < -0.39 is 23.7 Å². The first-order valence-corrected chi connectivity index (χ1v) is 8.01. The van der Waals surface area contributed by atoms with Crippen LogP contribution in [0, 0.1) is 0 Å². The third-order valence-electron chi connectivity index (χ3n) is 3.88. The predicted octanol–water partition coefficient (Wildman–Crippen LogP) is 0.583. The summed E-state index contributed by atoms with van der Waals surface area (Å²) in [5, 5.41) is 2.96. The number of carbonyl (C=O) groups excluding carboxylic acids is 2. The molecule has 0 spiro atoms. The van der Waals surface area contributed by atoms with Gasteiger partial charge in [-0.05, 0) is 26.1 Å². The van der Waals surface area contributed by atoms with Gasteiger partial charge in [-0.25, -0.2) is 15.2 Å². The molecule has 0 unspecified atom stereocenters. The molecule has 1 aromatic heterocycles. The lowest BCUT2D eigenvalue weighted by Crippen LogP contribution is -2.76. The highest BCUT2D eigenvalue weighted by Crippen LogP contribution is 2.31. The first kappa shape index (κ1) is 20.2. The summed E-state index contributed by atoms with van der Waals surface area (Å²) in [5.74, 6) is -3.20. The predicted molar refractivity (Wildman–Crippen MR) is 83.8 cm³/mol. The third-order valence-corrected chi connectivity index (χ3v) is 3.88. The van der Waals surface area contributed by atoms with Crippen molar-refractivity contribution in [3.05, 3.63) is 24.2 Å². The summed E-state index contributed by atoms with van der Waals surface area (Å²) in [6.07, 6.45) is -4.02. The SMILES string of the molecule is CCOC(=O)[C@](NC(=O)c1ccco1)(NN1CCN(C)CC1)C(F)(F)F. The van der Waals surface area contributed by atoms with Gasteiger partial charge in [0.15, 0.2) is 5.76 Å². The minimum Gasteiger partial charge on any atom is -0.463 e. The summed E-state index contributed by atoms with van der Waals surface area (Å²) < 4.78 is 51.2. The van der Waals surface area contributed by atoms with Gasteiger partial charge in [0.25, 0.3) is 5.91 Å². The van der Waals surface area contributed by atoms with E-state index in [0.29, 0.717) is 13.1 Å². The van der Waals surface area contributed by atoms with Crippen LogP contribution < -0.4 is 10.7 Å². The number of alkyl halides is 3. The standard InChI is InChI=1S/C15H21F3N4O4/c1-3-25-13(24)14(15(16,17)18,19-12(23)11-5-4-10-26-11)20-22-8-6-21(2)7-9-22/h4-5,10,20H,3,6-9H2,1-2H3,(H,19,23)/t14-/m0/s1. The molecule has 1 aliphatic rings. The van der Waals surface area contributed by atoms with Crippen LogP contribution in [0.25, 0.3) is 0 Å². The van der Waals surface area contributed by atoms with Gasteiger partial charge in [-0.15, -0.1) is 0 Å². The van der Waals surface area contributed by atoms with E-state index in [0.717, 1.165) is 6.26 Å². The second-order valence-electron chi connectivity index (χ2n) is 5.80. The van der Waals surface area contributed by atoms with Gasteiger partial charge in [0.2, 0.25) is 0 Å². The molecule has 1 aromatic rings. The average Bonchev–Trinajstić information content (AvgIpc) is 3.10. The Kier molecular flexibility index (Phi) is 6.26. The molecule has 1 amide bonds. The molecule has 2 heterocycles. The maximum absolute atomic E-state index is 13.9. The fraction of sp³-hybridized carbons (Fsp3) is 0.600. The first-order chi connectivity index (χ1) is 12.2. The van der Waals surface area contributed by atoms with Crippen LogP contribution in [-0.2, 0) is 9.53 Å². The van der Waals surface area contributed by atoms with E-state index in [-0.39, 0.29) is 25.5 Å². The summed E-state index contributed by atoms with van der Waals surface area (Å²) in [4.78, 5) is 26.4. The Labute approximate surface area is 148 Å². The lowest BCUT2D eigenvalue weighted by Gasteiger charge is -2.41. The number of hydrogen-bond acceptors (Lipinski definition) is 7. The monoisotopic (exact) mass is 378 g/mol. The van der Waals surface area contributed by atoms with E-state index >= 15 is 0 Å². The van der Waals surface area contributed by atoms with Gasteiger partial charge in [0.05, 0.1) is 12.9 Å². The summed E-state index contributed by atoms with van der Waals surface area (Å²) in [5.41, 5.74) is -1.29. The van der Waals surface area contributed by atoms with Crippen molar-refractivity contribution in [3.63, 3.8) is 0 Å². The molecule has 0 saturated carbocycles. The van der Waals surface area contributed by atoms with E-state index in [1.807, 2.05) is 11.9 Å². The largest absolute Gasteiger partial charge is 0.463 e. The summed E-state index contributed by atoms with van der Waals surface area (Å²) in [7, 11) is 1.83. The van der Waals surface area contributed by atoms with Crippen molar-refractivity contribution < 1.29 is 31.9 Å². The highest BCUT2D eigenvalue weighted by molar-refractivity contribution is 5.96. The van der Waals surface area contributed by atoms with Crippen molar-refractivity contribution in [2.45, 2.75) is 18.8 Å². The highest BCUT2D eigenvalue weighted by atomic mass is 19.4. The number of piperazine rings is 1. The Morgan fingerprint density at radius 3 is 2.42 bits per heavy atom. The molecule has 26 heavy (non-hydrogen) atoms. The topological polar surface area (TPSA) is 87.0 Å². The number of amides is 1. The number of halogens is 3. The van der Waals surface area contributed by atoms with Crippen molar-refractivity contribution in [2.24, 2.45) is 0 Å². The van der Waals surface area contributed by atoms with E-state index in [4.69, 9.17) is 4.42 Å². The van der Waals surface area contributed by atoms with Gasteiger partial charge in [-0.2, -0.15) is 13.2 Å². The molecule has 0 radical (unpaired) electrons. The molecule has 1 fully saturated rings. The van der Waals surface area contributed by atoms with Crippen LogP contribution in [0.2, 0.25) is 0 Å². The van der Waals surface area contributed by atoms with Crippen molar-refractivity contribution in [1.82, 2.24) is 20.7 Å². The second-order valence-corrected chi connectivity index (χ2v) is 5.80. The van der Waals surface area contributed by atoms with Gasteiger partial charge >= 0.3 is 17.8 Å². The second kappa shape index (κ2) is 8.06. The lowest BCUT2D eigenvalue weighted by atomic mass is 10.1. The lowest BCUT2D eigenvalue weighted by molar-refractivity contribution is -0.231. The van der Waals surface area contributed by atoms with Crippen LogP contribution in [0.1, 0.15) is 17.5 Å². The van der Waals surface area contributed by atoms with Crippen molar-refractivity contribution in [2.75, 3.05) is 39.8 Å². The summed E-state index contributed by atoms with van der Waals surface area (Å²) >= 11 is 0. The summed E-state index contributed by atoms with van der Waals surface area (Å²) in [6.45, 7) is 2.54. The first-order valence-electron chi connectivity index (χ1n) is 8.01. The normalized spacial score (nSPS) is 19.0. The number of ether oxygens (including phenoxy) is 1. The van der Waals surface area contributed by atoms with Gasteiger partial charge in [-0.3, -0.25) is 4.79 Å². The number of hydrogen-bond donors (Lipinski definition) is 2. The van der Waals surface area contributed by atoms with Crippen LogP contribution in [0.3, 0.4) is 0 Å². The number of likely N-dealkylation sites (N-methyl/N-ethyl adjacent to an activating group) is 1. The molecule has 8 nitrogen and oxygen atoms in total. The Hall–Kier alpha value is -2.11. The number of nitrogens with zero attached hydrogens (tertiary/aromatic N) is 2. The van der Waals surface area contributed by atoms with Gasteiger partial charge in [0, 0.05) is 26.2 Å². The molecule has 1 aliphatic heterocycles.